The van der Waals surface area contributed by atoms with E-state index in [2.05, 4.69) is 52.2 Å². The first-order valence-corrected chi connectivity index (χ1v) is 6.58. The summed E-state index contributed by atoms with van der Waals surface area (Å²) in [6.07, 6.45) is 2.51. The molecule has 0 aromatic rings. The molecule has 0 radical (unpaired) electrons. The SMILES string of the molecule is CC(C)(C)CC(C)(C)NCC1(C)CCNC1. The third-order valence-corrected chi connectivity index (χ3v) is 3.42. The lowest BCUT2D eigenvalue weighted by Gasteiger charge is -2.36. The molecule has 0 bridgehead atoms. The number of hydrogen-bond acceptors (Lipinski definition) is 2. The van der Waals surface area contributed by atoms with Gasteiger partial charge in [-0.3, -0.25) is 0 Å². The molecule has 2 heteroatoms. The van der Waals surface area contributed by atoms with E-state index in [9.17, 15) is 0 Å². The molecule has 0 aliphatic carbocycles. The maximum Gasteiger partial charge on any atom is 0.0130 e. The van der Waals surface area contributed by atoms with E-state index < -0.39 is 0 Å². The Labute approximate surface area is 102 Å². The molecule has 1 rings (SSSR count). The normalized spacial score (nSPS) is 27.4. The van der Waals surface area contributed by atoms with Gasteiger partial charge in [-0.2, -0.15) is 0 Å². The highest BCUT2D eigenvalue weighted by molar-refractivity contribution is 4.90. The molecular weight excluding hydrogens is 196 g/mol. The van der Waals surface area contributed by atoms with Crippen molar-refractivity contribution in [3.8, 4) is 0 Å². The van der Waals surface area contributed by atoms with Crippen LogP contribution in [0.25, 0.3) is 0 Å². The first-order valence-electron chi connectivity index (χ1n) is 6.58. The largest absolute Gasteiger partial charge is 0.316 e. The molecule has 0 aromatic heterocycles. The second-order valence-corrected chi connectivity index (χ2v) is 7.71. The van der Waals surface area contributed by atoms with E-state index in [0.717, 1.165) is 13.1 Å². The highest BCUT2D eigenvalue weighted by atomic mass is 15.0. The average molecular weight is 226 g/mol. The minimum atomic E-state index is 0.240. The van der Waals surface area contributed by atoms with Gasteiger partial charge in [0.2, 0.25) is 0 Å². The van der Waals surface area contributed by atoms with Crippen LogP contribution in [0.4, 0.5) is 0 Å². The Morgan fingerprint density at radius 3 is 2.25 bits per heavy atom. The predicted octanol–water partition coefficient (Wildman–Crippen LogP) is 2.79. The van der Waals surface area contributed by atoms with Crippen LogP contribution in [0.2, 0.25) is 0 Å². The fourth-order valence-electron chi connectivity index (χ4n) is 2.86. The van der Waals surface area contributed by atoms with E-state index in [0.29, 0.717) is 10.8 Å². The molecule has 1 heterocycles. The Kier molecular flexibility index (Phi) is 4.07. The lowest BCUT2D eigenvalue weighted by Crippen LogP contribution is -2.47. The van der Waals surface area contributed by atoms with Crippen molar-refractivity contribution in [2.45, 2.75) is 59.9 Å². The molecule has 96 valence electrons. The van der Waals surface area contributed by atoms with Crippen molar-refractivity contribution < 1.29 is 0 Å². The van der Waals surface area contributed by atoms with E-state index in [4.69, 9.17) is 0 Å². The minimum absolute atomic E-state index is 0.240. The highest BCUT2D eigenvalue weighted by Crippen LogP contribution is 2.29. The standard InChI is InChI=1S/C14H30N2/c1-12(2,3)9-13(4,5)16-11-14(6)7-8-15-10-14/h15-16H,7-11H2,1-6H3. The van der Waals surface area contributed by atoms with E-state index in [-0.39, 0.29) is 5.54 Å². The Morgan fingerprint density at radius 2 is 1.81 bits per heavy atom. The van der Waals surface area contributed by atoms with Crippen LogP contribution < -0.4 is 10.6 Å². The molecule has 1 fully saturated rings. The number of hydrogen-bond donors (Lipinski definition) is 2. The lowest BCUT2D eigenvalue weighted by molar-refractivity contribution is 0.211. The summed E-state index contributed by atoms with van der Waals surface area (Å²) in [5.41, 5.74) is 1.09. The van der Waals surface area contributed by atoms with Crippen molar-refractivity contribution in [3.05, 3.63) is 0 Å². The van der Waals surface area contributed by atoms with Crippen molar-refractivity contribution in [1.82, 2.24) is 10.6 Å². The van der Waals surface area contributed by atoms with Crippen molar-refractivity contribution in [2.75, 3.05) is 19.6 Å². The van der Waals surface area contributed by atoms with Gasteiger partial charge in [0, 0.05) is 18.6 Å². The quantitative estimate of drug-likeness (QED) is 0.770. The van der Waals surface area contributed by atoms with Gasteiger partial charge in [-0.25, -0.2) is 0 Å². The van der Waals surface area contributed by atoms with Crippen molar-refractivity contribution in [1.29, 1.82) is 0 Å². The van der Waals surface area contributed by atoms with Crippen LogP contribution in [0.5, 0.6) is 0 Å². The Bertz CT molecular complexity index is 219. The lowest BCUT2D eigenvalue weighted by atomic mass is 9.80. The van der Waals surface area contributed by atoms with Gasteiger partial charge in [0.05, 0.1) is 0 Å². The second kappa shape index (κ2) is 4.66. The summed E-state index contributed by atoms with van der Waals surface area (Å²) in [6, 6.07) is 0. The molecule has 1 atom stereocenters. The zero-order chi connectivity index (χ0) is 12.4. The number of nitrogens with one attached hydrogen (secondary N) is 2. The van der Waals surface area contributed by atoms with Crippen LogP contribution >= 0.6 is 0 Å². The van der Waals surface area contributed by atoms with Crippen molar-refractivity contribution in [2.24, 2.45) is 10.8 Å². The molecule has 2 N–H and O–H groups in total. The molecular formula is C14H30N2. The summed E-state index contributed by atoms with van der Waals surface area (Å²) in [5.74, 6) is 0. The molecule has 1 aliphatic rings. The van der Waals surface area contributed by atoms with Crippen molar-refractivity contribution >= 4 is 0 Å². The smallest absolute Gasteiger partial charge is 0.0130 e. The Hall–Kier alpha value is -0.0800. The third-order valence-electron chi connectivity index (χ3n) is 3.42. The molecule has 16 heavy (non-hydrogen) atoms. The summed E-state index contributed by atoms with van der Waals surface area (Å²) in [4.78, 5) is 0. The van der Waals surface area contributed by atoms with Gasteiger partial charge < -0.3 is 10.6 Å². The first kappa shape index (κ1) is 14.0. The summed E-state index contributed by atoms with van der Waals surface area (Å²) in [6.45, 7) is 17.4. The minimum Gasteiger partial charge on any atom is -0.316 e. The first-order chi connectivity index (χ1) is 7.12. The average Bonchev–Trinajstić information content (AvgIpc) is 2.46. The summed E-state index contributed by atoms with van der Waals surface area (Å²) in [7, 11) is 0. The molecule has 0 saturated carbocycles. The fourth-order valence-corrected chi connectivity index (χ4v) is 2.86. The van der Waals surface area contributed by atoms with Crippen LogP contribution in [-0.4, -0.2) is 25.2 Å². The summed E-state index contributed by atoms with van der Waals surface area (Å²) >= 11 is 0. The second-order valence-electron chi connectivity index (χ2n) is 7.71. The molecule has 2 nitrogen and oxygen atoms in total. The van der Waals surface area contributed by atoms with Crippen LogP contribution in [0, 0.1) is 10.8 Å². The van der Waals surface area contributed by atoms with Crippen molar-refractivity contribution in [3.63, 3.8) is 0 Å². The van der Waals surface area contributed by atoms with Gasteiger partial charge in [-0.1, -0.05) is 27.7 Å². The maximum atomic E-state index is 3.76. The van der Waals surface area contributed by atoms with Crippen LogP contribution in [0.15, 0.2) is 0 Å². The molecule has 1 saturated heterocycles. The molecule has 0 amide bonds. The topological polar surface area (TPSA) is 24.1 Å². The van der Waals surface area contributed by atoms with Gasteiger partial charge in [0.25, 0.3) is 0 Å². The molecule has 1 unspecified atom stereocenters. The Balaban J connectivity index is 2.41. The monoisotopic (exact) mass is 226 g/mol. The van der Waals surface area contributed by atoms with Gasteiger partial charge in [0.15, 0.2) is 0 Å². The van der Waals surface area contributed by atoms with Gasteiger partial charge in [-0.15, -0.1) is 0 Å². The van der Waals surface area contributed by atoms with Gasteiger partial charge in [0.1, 0.15) is 0 Å². The maximum absolute atomic E-state index is 3.76. The van der Waals surface area contributed by atoms with E-state index in [1.807, 2.05) is 0 Å². The van der Waals surface area contributed by atoms with Gasteiger partial charge >= 0.3 is 0 Å². The summed E-state index contributed by atoms with van der Waals surface area (Å²) < 4.78 is 0. The van der Waals surface area contributed by atoms with Crippen LogP contribution in [-0.2, 0) is 0 Å². The Morgan fingerprint density at radius 1 is 1.19 bits per heavy atom. The highest BCUT2D eigenvalue weighted by Gasteiger charge is 2.32. The zero-order valence-corrected chi connectivity index (χ0v) is 12.0. The van der Waals surface area contributed by atoms with Crippen LogP contribution in [0.1, 0.15) is 54.4 Å². The van der Waals surface area contributed by atoms with E-state index >= 15 is 0 Å². The van der Waals surface area contributed by atoms with Crippen LogP contribution in [0.3, 0.4) is 0 Å². The predicted molar refractivity (Wildman–Crippen MR) is 71.7 cm³/mol. The zero-order valence-electron chi connectivity index (χ0n) is 12.0. The third kappa shape index (κ3) is 4.84. The summed E-state index contributed by atoms with van der Waals surface area (Å²) in [5, 5.41) is 7.22. The fraction of sp³-hybridized carbons (Fsp3) is 1.00. The molecule has 0 aromatic carbocycles. The number of rotatable bonds is 4. The van der Waals surface area contributed by atoms with E-state index in [1.165, 1.54) is 19.4 Å². The van der Waals surface area contributed by atoms with Gasteiger partial charge in [-0.05, 0) is 44.1 Å². The van der Waals surface area contributed by atoms with E-state index in [1.54, 1.807) is 0 Å². The molecule has 0 spiro atoms. The molecule has 1 aliphatic heterocycles.